The van der Waals surface area contributed by atoms with E-state index in [4.69, 9.17) is 0 Å². The highest BCUT2D eigenvalue weighted by Gasteiger charge is 2.33. The molecular weight excluding hydrogens is 468 g/mol. The van der Waals surface area contributed by atoms with Gasteiger partial charge in [-0.15, -0.1) is 14.6 Å². The van der Waals surface area contributed by atoms with E-state index in [1.54, 1.807) is 0 Å². The normalized spacial score (nSPS) is 19.9. The van der Waals surface area contributed by atoms with E-state index in [0.29, 0.717) is 18.0 Å². The Labute approximate surface area is 204 Å². The molecular formula is C24H28N6O2S2. The molecule has 1 saturated heterocycles. The summed E-state index contributed by atoms with van der Waals surface area (Å²) in [5, 5.41) is 9.76. The summed E-state index contributed by atoms with van der Waals surface area (Å²) in [5.41, 5.74) is 4.36. The number of aryl methyl sites for hydroxylation is 2. The molecule has 2 aliphatic heterocycles. The number of thioether (sulfide) groups is 1. The van der Waals surface area contributed by atoms with Crippen LogP contribution in [-0.2, 0) is 10.2 Å². The Hall–Kier alpha value is -2.69. The largest absolute Gasteiger partial charge is 0.342 e. The first-order valence-electron chi connectivity index (χ1n) is 11.5. The molecule has 178 valence electrons. The highest BCUT2D eigenvalue weighted by atomic mass is 32.2. The second-order valence-electron chi connectivity index (χ2n) is 8.71. The van der Waals surface area contributed by atoms with E-state index in [1.165, 1.54) is 22.9 Å². The predicted molar refractivity (Wildman–Crippen MR) is 135 cm³/mol. The third-order valence-corrected chi connectivity index (χ3v) is 8.33. The molecule has 34 heavy (non-hydrogen) atoms. The van der Waals surface area contributed by atoms with Crippen molar-refractivity contribution in [2.24, 2.45) is 4.40 Å². The van der Waals surface area contributed by atoms with Crippen LogP contribution in [0.5, 0.6) is 0 Å². The Bertz CT molecular complexity index is 1320. The molecule has 8 nitrogen and oxygen atoms in total. The van der Waals surface area contributed by atoms with Crippen molar-refractivity contribution in [3.8, 4) is 17.1 Å². The lowest BCUT2D eigenvalue weighted by atomic mass is 10.1. The van der Waals surface area contributed by atoms with Crippen molar-refractivity contribution in [3.05, 3.63) is 59.7 Å². The second-order valence-corrected chi connectivity index (χ2v) is 11.1. The van der Waals surface area contributed by atoms with E-state index in [-0.39, 0.29) is 6.17 Å². The molecule has 1 unspecified atom stereocenters. The van der Waals surface area contributed by atoms with Crippen LogP contribution in [-0.4, -0.2) is 52.4 Å². The zero-order chi connectivity index (χ0) is 23.7. The van der Waals surface area contributed by atoms with Crippen LogP contribution >= 0.6 is 11.8 Å². The SMILES string of the molecule is Cc1ccc(-n2c(SCC3NS(=O)(=O)N=C4CCCCCN43)nnc2-c2ccccc2)cc1C. The van der Waals surface area contributed by atoms with Gasteiger partial charge in [-0.3, -0.25) is 4.57 Å². The smallest absolute Gasteiger partial charge is 0.323 e. The summed E-state index contributed by atoms with van der Waals surface area (Å²) in [6.45, 7) is 4.98. The maximum Gasteiger partial charge on any atom is 0.323 e. The van der Waals surface area contributed by atoms with Crippen molar-refractivity contribution < 1.29 is 8.42 Å². The molecule has 0 aliphatic carbocycles. The maximum atomic E-state index is 12.4. The molecule has 1 aromatic heterocycles. The molecule has 0 radical (unpaired) electrons. The predicted octanol–water partition coefficient (Wildman–Crippen LogP) is 4.09. The van der Waals surface area contributed by atoms with Crippen molar-refractivity contribution in [1.29, 1.82) is 0 Å². The molecule has 0 bridgehead atoms. The molecule has 0 saturated carbocycles. The van der Waals surface area contributed by atoms with Crippen LogP contribution in [0, 0.1) is 13.8 Å². The average Bonchev–Trinajstić information content (AvgIpc) is 3.10. The van der Waals surface area contributed by atoms with Gasteiger partial charge in [-0.25, -0.2) is 0 Å². The fourth-order valence-corrected chi connectivity index (χ4v) is 6.54. The van der Waals surface area contributed by atoms with Crippen molar-refractivity contribution >= 4 is 27.8 Å². The molecule has 1 atom stereocenters. The van der Waals surface area contributed by atoms with Gasteiger partial charge in [-0.2, -0.15) is 13.1 Å². The van der Waals surface area contributed by atoms with Crippen LogP contribution in [0.1, 0.15) is 36.8 Å². The zero-order valence-corrected chi connectivity index (χ0v) is 20.9. The highest BCUT2D eigenvalue weighted by Crippen LogP contribution is 2.30. The molecule has 1 fully saturated rings. The Kier molecular flexibility index (Phi) is 6.46. The molecule has 1 N–H and O–H groups in total. The van der Waals surface area contributed by atoms with Gasteiger partial charge in [0.25, 0.3) is 0 Å². The van der Waals surface area contributed by atoms with Crippen LogP contribution in [0.15, 0.2) is 58.1 Å². The minimum Gasteiger partial charge on any atom is -0.342 e. The highest BCUT2D eigenvalue weighted by molar-refractivity contribution is 7.99. The van der Waals surface area contributed by atoms with Crippen molar-refractivity contribution in [3.63, 3.8) is 0 Å². The lowest BCUT2D eigenvalue weighted by molar-refractivity contribution is 0.310. The molecule has 2 aliphatic rings. The van der Waals surface area contributed by atoms with Gasteiger partial charge in [-0.05, 0) is 49.9 Å². The maximum absolute atomic E-state index is 12.4. The molecule has 2 aromatic carbocycles. The molecule has 0 amide bonds. The van der Waals surface area contributed by atoms with E-state index in [0.717, 1.165) is 48.0 Å². The monoisotopic (exact) mass is 496 g/mol. The zero-order valence-electron chi connectivity index (χ0n) is 19.3. The minimum absolute atomic E-state index is 0.370. The van der Waals surface area contributed by atoms with Crippen molar-refractivity contribution in [2.75, 3.05) is 12.3 Å². The standard InChI is InChI=1S/C24H28N6O2S2/c1-17-12-13-20(15-18(17)2)30-23(19-9-5-3-6-10-19)25-26-24(30)33-16-22-28-34(31,32)27-21-11-7-4-8-14-29(21)22/h3,5-6,9-10,12-13,15,22,28H,4,7-8,11,14,16H2,1-2H3. The van der Waals surface area contributed by atoms with Gasteiger partial charge < -0.3 is 4.90 Å². The average molecular weight is 497 g/mol. The lowest BCUT2D eigenvalue weighted by Crippen LogP contribution is -2.55. The molecule has 5 rings (SSSR count). The van der Waals surface area contributed by atoms with Gasteiger partial charge in [0.2, 0.25) is 0 Å². The van der Waals surface area contributed by atoms with E-state index < -0.39 is 10.2 Å². The first kappa shape index (κ1) is 23.1. The first-order valence-corrected chi connectivity index (χ1v) is 13.9. The summed E-state index contributed by atoms with van der Waals surface area (Å²) >= 11 is 1.50. The van der Waals surface area contributed by atoms with Gasteiger partial charge in [0.05, 0.1) is 5.69 Å². The number of hydrogen-bond acceptors (Lipinski definition) is 6. The fourth-order valence-electron chi connectivity index (χ4n) is 4.36. The molecule has 3 heterocycles. The summed E-state index contributed by atoms with van der Waals surface area (Å²) in [7, 11) is -3.69. The number of fused-ring (bicyclic) bond motifs is 1. The Morgan fingerprint density at radius 2 is 1.85 bits per heavy atom. The summed E-state index contributed by atoms with van der Waals surface area (Å²) < 4.78 is 33.6. The van der Waals surface area contributed by atoms with E-state index in [9.17, 15) is 8.42 Å². The third kappa shape index (κ3) is 4.75. The first-order chi connectivity index (χ1) is 16.4. The van der Waals surface area contributed by atoms with Crippen LogP contribution in [0.3, 0.4) is 0 Å². The molecule has 0 spiro atoms. The fraction of sp³-hybridized carbons (Fsp3) is 0.375. The van der Waals surface area contributed by atoms with E-state index in [2.05, 4.69) is 60.8 Å². The van der Waals surface area contributed by atoms with Crippen LogP contribution < -0.4 is 4.72 Å². The van der Waals surface area contributed by atoms with Gasteiger partial charge in [-0.1, -0.05) is 54.6 Å². The number of nitrogens with zero attached hydrogens (tertiary/aromatic N) is 5. The number of amidine groups is 1. The Morgan fingerprint density at radius 3 is 2.65 bits per heavy atom. The number of nitrogens with one attached hydrogen (secondary N) is 1. The summed E-state index contributed by atoms with van der Waals surface area (Å²) in [5.74, 6) is 1.92. The van der Waals surface area contributed by atoms with Gasteiger partial charge in [0.1, 0.15) is 12.0 Å². The second kappa shape index (κ2) is 9.52. The number of rotatable bonds is 5. The van der Waals surface area contributed by atoms with Gasteiger partial charge >= 0.3 is 10.2 Å². The van der Waals surface area contributed by atoms with Crippen LogP contribution in [0.25, 0.3) is 17.1 Å². The van der Waals surface area contributed by atoms with Crippen LogP contribution in [0.2, 0.25) is 0 Å². The summed E-state index contributed by atoms with van der Waals surface area (Å²) in [4.78, 5) is 2.11. The van der Waals surface area contributed by atoms with Gasteiger partial charge in [0, 0.05) is 24.3 Å². The number of hydrogen-bond donors (Lipinski definition) is 1. The van der Waals surface area contributed by atoms with Crippen molar-refractivity contribution in [1.82, 2.24) is 24.4 Å². The molecule has 3 aromatic rings. The Balaban J connectivity index is 1.49. The minimum atomic E-state index is -3.69. The van der Waals surface area contributed by atoms with Crippen molar-refractivity contribution in [2.45, 2.75) is 50.9 Å². The summed E-state index contributed by atoms with van der Waals surface area (Å²) in [6, 6.07) is 16.3. The number of benzene rings is 2. The van der Waals surface area contributed by atoms with E-state index >= 15 is 0 Å². The number of aromatic nitrogens is 3. The summed E-state index contributed by atoms with van der Waals surface area (Å²) in [6.07, 6.45) is 3.40. The topological polar surface area (TPSA) is 92.5 Å². The Morgan fingerprint density at radius 1 is 1.03 bits per heavy atom. The lowest BCUT2D eigenvalue weighted by Gasteiger charge is -2.35. The van der Waals surface area contributed by atoms with E-state index in [1.807, 2.05) is 30.3 Å². The third-order valence-electron chi connectivity index (χ3n) is 6.30. The molecule has 10 heteroatoms. The quantitative estimate of drug-likeness (QED) is 0.535. The van der Waals surface area contributed by atoms with Crippen LogP contribution in [0.4, 0.5) is 0 Å². The van der Waals surface area contributed by atoms with Gasteiger partial charge in [0.15, 0.2) is 11.0 Å².